The highest BCUT2D eigenvalue weighted by Crippen LogP contribution is 2.27. The second kappa shape index (κ2) is 9.26. The van der Waals surface area contributed by atoms with Gasteiger partial charge in [0.15, 0.2) is 0 Å². The molecule has 0 bridgehead atoms. The van der Waals surface area contributed by atoms with Crippen LogP contribution in [0.3, 0.4) is 0 Å². The zero-order valence-corrected chi connectivity index (χ0v) is 17.3. The van der Waals surface area contributed by atoms with Crippen molar-refractivity contribution in [1.29, 1.82) is 0 Å². The minimum absolute atomic E-state index is 0.121. The second-order valence-corrected chi connectivity index (χ2v) is 7.82. The van der Waals surface area contributed by atoms with Crippen LogP contribution < -0.4 is 10.2 Å². The number of likely N-dealkylation sites (N-methyl/N-ethyl adjacent to an activating group) is 1. The van der Waals surface area contributed by atoms with Gasteiger partial charge >= 0.3 is 6.03 Å². The Morgan fingerprint density at radius 3 is 2.80 bits per heavy atom. The first-order valence-corrected chi connectivity index (χ1v) is 10.5. The smallest absolute Gasteiger partial charge is 0.327 e. The monoisotopic (exact) mass is 409 g/mol. The molecule has 0 spiro atoms. The number of amides is 1. The molecule has 0 radical (unpaired) electrons. The third kappa shape index (κ3) is 4.31. The number of carbonyl (C=O) groups is 1. The summed E-state index contributed by atoms with van der Waals surface area (Å²) < 4.78 is 14.9. The number of para-hydroxylation sites is 1. The molecule has 1 N–H and O–H groups in total. The number of nitrogens with zero attached hydrogens (tertiary/aromatic N) is 4. The third-order valence-electron chi connectivity index (χ3n) is 5.83. The molecule has 1 aliphatic heterocycles. The van der Waals surface area contributed by atoms with E-state index >= 15 is 0 Å². The van der Waals surface area contributed by atoms with Crippen LogP contribution in [0.25, 0.3) is 11.0 Å². The molecule has 3 aromatic rings. The molecular formula is C23H28FN5O. The summed E-state index contributed by atoms with van der Waals surface area (Å²) in [4.78, 5) is 21.4. The van der Waals surface area contributed by atoms with Crippen LogP contribution in [-0.2, 0) is 6.42 Å². The summed E-state index contributed by atoms with van der Waals surface area (Å²) in [6.07, 6.45) is 3.37. The van der Waals surface area contributed by atoms with Gasteiger partial charge in [0.05, 0.1) is 17.2 Å². The fraction of sp³-hybridized carbons (Fsp3) is 0.391. The average Bonchev–Trinajstić information content (AvgIpc) is 3.22. The number of nitrogens with one attached hydrogen (secondary N) is 1. The fourth-order valence-corrected chi connectivity index (χ4v) is 3.99. The van der Waals surface area contributed by atoms with E-state index in [1.54, 1.807) is 10.9 Å². The predicted octanol–water partition coefficient (Wildman–Crippen LogP) is 3.32. The van der Waals surface area contributed by atoms with Gasteiger partial charge in [0.25, 0.3) is 0 Å². The number of benzene rings is 2. The first-order valence-electron chi connectivity index (χ1n) is 10.5. The van der Waals surface area contributed by atoms with Crippen LogP contribution in [0, 0.1) is 0 Å². The number of aryl methyl sites for hydroxylation is 1. The number of anilines is 1. The second-order valence-electron chi connectivity index (χ2n) is 7.82. The van der Waals surface area contributed by atoms with Crippen LogP contribution >= 0.6 is 0 Å². The summed E-state index contributed by atoms with van der Waals surface area (Å²) in [5.41, 5.74) is 3.76. The number of imidazole rings is 1. The van der Waals surface area contributed by atoms with Gasteiger partial charge in [-0.2, -0.15) is 0 Å². The summed E-state index contributed by atoms with van der Waals surface area (Å²) in [6, 6.07) is 15.8. The fourth-order valence-electron chi connectivity index (χ4n) is 3.99. The van der Waals surface area contributed by atoms with Gasteiger partial charge in [-0.3, -0.25) is 9.47 Å². The maximum atomic E-state index is 13.4. The van der Waals surface area contributed by atoms with Gasteiger partial charge in [-0.15, -0.1) is 0 Å². The van der Waals surface area contributed by atoms with E-state index in [1.165, 1.54) is 5.56 Å². The van der Waals surface area contributed by atoms with Gasteiger partial charge < -0.3 is 10.2 Å². The molecule has 4 rings (SSSR count). The highest BCUT2D eigenvalue weighted by molar-refractivity contribution is 5.95. The summed E-state index contributed by atoms with van der Waals surface area (Å²) in [6.45, 7) is 2.45. The molecule has 1 unspecified atom stereocenters. The standard InChI is InChI=1S/C23H28FN5O/c1-27-13-14-28(16-19(27)15-24)20-10-5-11-21-22(20)26-17-29(21)23(30)25-12-6-9-18-7-3-2-4-8-18/h2-5,7-8,10-11,17,19H,6,9,12-16H2,1H3,(H,25,30). The van der Waals surface area contributed by atoms with E-state index in [4.69, 9.17) is 0 Å². The van der Waals surface area contributed by atoms with Crippen molar-refractivity contribution in [2.24, 2.45) is 0 Å². The molecule has 7 heteroatoms. The molecule has 1 amide bonds. The first-order chi connectivity index (χ1) is 14.7. The Morgan fingerprint density at radius 2 is 2.00 bits per heavy atom. The Kier molecular flexibility index (Phi) is 6.28. The van der Waals surface area contributed by atoms with Crippen molar-refractivity contribution in [2.45, 2.75) is 18.9 Å². The van der Waals surface area contributed by atoms with E-state index in [0.717, 1.165) is 42.7 Å². The predicted molar refractivity (Wildman–Crippen MR) is 118 cm³/mol. The molecule has 30 heavy (non-hydrogen) atoms. The Bertz CT molecular complexity index is 990. The zero-order valence-electron chi connectivity index (χ0n) is 17.3. The molecule has 1 aromatic heterocycles. The summed E-state index contributed by atoms with van der Waals surface area (Å²) in [5, 5.41) is 2.98. The molecule has 158 valence electrons. The van der Waals surface area contributed by atoms with Crippen LogP contribution in [0.2, 0.25) is 0 Å². The lowest BCUT2D eigenvalue weighted by Crippen LogP contribution is -2.52. The maximum absolute atomic E-state index is 13.4. The molecule has 2 aromatic carbocycles. The van der Waals surface area contributed by atoms with Crippen molar-refractivity contribution >= 4 is 22.8 Å². The number of hydrogen-bond donors (Lipinski definition) is 1. The zero-order chi connectivity index (χ0) is 20.9. The van der Waals surface area contributed by atoms with E-state index < -0.39 is 0 Å². The van der Waals surface area contributed by atoms with Gasteiger partial charge in [0.1, 0.15) is 18.5 Å². The van der Waals surface area contributed by atoms with Crippen LogP contribution in [0.15, 0.2) is 54.9 Å². The molecule has 0 aliphatic carbocycles. The number of aromatic nitrogens is 2. The van der Waals surface area contributed by atoms with E-state index in [2.05, 4.69) is 32.2 Å². The Hall–Kier alpha value is -2.93. The number of carbonyl (C=O) groups excluding carboxylic acids is 1. The highest BCUT2D eigenvalue weighted by Gasteiger charge is 2.26. The molecule has 1 fully saturated rings. The van der Waals surface area contributed by atoms with Crippen molar-refractivity contribution in [3.8, 4) is 0 Å². The van der Waals surface area contributed by atoms with Gasteiger partial charge in [0.2, 0.25) is 0 Å². The maximum Gasteiger partial charge on any atom is 0.327 e. The largest absolute Gasteiger partial charge is 0.367 e. The van der Waals surface area contributed by atoms with Crippen molar-refractivity contribution in [3.63, 3.8) is 0 Å². The highest BCUT2D eigenvalue weighted by atomic mass is 19.1. The number of piperazine rings is 1. The number of halogens is 1. The van der Waals surface area contributed by atoms with Gasteiger partial charge in [0, 0.05) is 26.2 Å². The summed E-state index contributed by atoms with van der Waals surface area (Å²) in [7, 11) is 1.96. The lowest BCUT2D eigenvalue weighted by Gasteiger charge is -2.39. The van der Waals surface area contributed by atoms with Crippen molar-refractivity contribution < 1.29 is 9.18 Å². The normalized spacial score (nSPS) is 17.4. The van der Waals surface area contributed by atoms with Gasteiger partial charge in [-0.1, -0.05) is 36.4 Å². The molecular weight excluding hydrogens is 381 g/mol. The van der Waals surface area contributed by atoms with Crippen molar-refractivity contribution in [1.82, 2.24) is 19.8 Å². The van der Waals surface area contributed by atoms with Gasteiger partial charge in [-0.05, 0) is 37.6 Å². The number of alkyl halides is 1. The Balaban J connectivity index is 1.43. The Morgan fingerprint density at radius 1 is 1.17 bits per heavy atom. The Labute approximate surface area is 176 Å². The molecule has 6 nitrogen and oxygen atoms in total. The molecule has 0 saturated carbocycles. The van der Waals surface area contributed by atoms with Crippen molar-refractivity contribution in [2.75, 3.05) is 44.8 Å². The quantitative estimate of drug-likeness (QED) is 0.635. The lowest BCUT2D eigenvalue weighted by molar-refractivity contribution is 0.183. The van der Waals surface area contributed by atoms with Crippen LogP contribution in [-0.4, -0.2) is 66.4 Å². The summed E-state index contributed by atoms with van der Waals surface area (Å²) in [5.74, 6) is 0. The first kappa shape index (κ1) is 20.3. The van der Waals surface area contributed by atoms with Gasteiger partial charge in [-0.25, -0.2) is 14.2 Å². The van der Waals surface area contributed by atoms with Crippen LogP contribution in [0.4, 0.5) is 14.9 Å². The average molecular weight is 410 g/mol. The molecule has 1 aliphatic rings. The summed E-state index contributed by atoms with van der Waals surface area (Å²) >= 11 is 0. The van der Waals surface area contributed by atoms with E-state index in [1.807, 2.05) is 43.4 Å². The lowest BCUT2D eigenvalue weighted by atomic mass is 10.1. The number of fused-ring (bicyclic) bond motifs is 1. The third-order valence-corrected chi connectivity index (χ3v) is 5.83. The molecule has 1 atom stereocenters. The minimum Gasteiger partial charge on any atom is -0.367 e. The van der Waals surface area contributed by atoms with E-state index in [0.29, 0.717) is 13.1 Å². The number of hydrogen-bond acceptors (Lipinski definition) is 4. The number of rotatable bonds is 6. The topological polar surface area (TPSA) is 53.4 Å². The molecule has 1 saturated heterocycles. The van der Waals surface area contributed by atoms with Crippen molar-refractivity contribution in [3.05, 3.63) is 60.4 Å². The van der Waals surface area contributed by atoms with Crippen LogP contribution in [0.1, 0.15) is 12.0 Å². The molecule has 2 heterocycles. The van der Waals surface area contributed by atoms with Crippen LogP contribution in [0.5, 0.6) is 0 Å². The SMILES string of the molecule is CN1CCN(c2cccc3c2ncn3C(=O)NCCCc2ccccc2)CC1CF. The minimum atomic E-state index is -0.372. The van der Waals surface area contributed by atoms with E-state index in [-0.39, 0.29) is 18.7 Å². The van der Waals surface area contributed by atoms with E-state index in [9.17, 15) is 9.18 Å².